The maximum absolute atomic E-state index is 14.0. The first-order valence-electron chi connectivity index (χ1n) is 9.09. The van der Waals surface area contributed by atoms with Crippen LogP contribution in [0.3, 0.4) is 0 Å². The predicted molar refractivity (Wildman–Crippen MR) is 115 cm³/mol. The summed E-state index contributed by atoms with van der Waals surface area (Å²) in [6, 6.07) is 14.5. The Kier molecular flexibility index (Phi) is 4.28. The maximum atomic E-state index is 14.0. The third-order valence-electron chi connectivity index (χ3n) is 4.89. The van der Waals surface area contributed by atoms with E-state index >= 15 is 0 Å². The Morgan fingerprint density at radius 1 is 1.10 bits per heavy atom. The maximum Gasteiger partial charge on any atom is 0.162 e. The third kappa shape index (κ3) is 2.96. The quantitative estimate of drug-likeness (QED) is 0.385. The number of imidazole rings is 1. The van der Waals surface area contributed by atoms with Gasteiger partial charge >= 0.3 is 0 Å². The Balaban J connectivity index is 1.69. The van der Waals surface area contributed by atoms with Crippen LogP contribution in [0.15, 0.2) is 65.7 Å². The van der Waals surface area contributed by atoms with Gasteiger partial charge in [-0.05, 0) is 47.1 Å². The number of aromatic amines is 1. The molecule has 5 aromatic rings. The molecule has 0 bridgehead atoms. The molecule has 1 atom stereocenters. The number of aromatic nitrogens is 5. The molecule has 29 heavy (non-hydrogen) atoms. The summed E-state index contributed by atoms with van der Waals surface area (Å²) in [7, 11) is 0. The number of fused-ring (bicyclic) bond motifs is 2. The van der Waals surface area contributed by atoms with Crippen molar-refractivity contribution in [1.29, 1.82) is 0 Å². The standard InChI is InChI=1S/C21H16BrFN6/c1-12(28-21-18-20(25-10-24-18)26-11-27-21)19-17(22)15-7-2-3-8-16(15)29(19)14-6-4-5-13(23)9-14/h2-12H,1H3,(H2,24,25,26,27,28). The smallest absolute Gasteiger partial charge is 0.162 e. The normalized spacial score (nSPS) is 12.5. The summed E-state index contributed by atoms with van der Waals surface area (Å²) in [5, 5.41) is 4.48. The molecular formula is C21H16BrFN6. The molecule has 0 saturated heterocycles. The van der Waals surface area contributed by atoms with Gasteiger partial charge in [0.2, 0.25) is 0 Å². The zero-order chi connectivity index (χ0) is 20.0. The van der Waals surface area contributed by atoms with E-state index in [0.29, 0.717) is 17.0 Å². The van der Waals surface area contributed by atoms with E-state index in [4.69, 9.17) is 0 Å². The summed E-state index contributed by atoms with van der Waals surface area (Å²) in [5.41, 5.74) is 4.03. The van der Waals surface area contributed by atoms with E-state index in [-0.39, 0.29) is 11.9 Å². The number of anilines is 1. The minimum absolute atomic E-state index is 0.158. The Hall–Kier alpha value is -3.26. The molecule has 6 nitrogen and oxygen atoms in total. The SMILES string of the molecule is CC(Nc1ncnc2[nH]cnc12)c1c(Br)c2ccccc2n1-c1cccc(F)c1. The van der Waals surface area contributed by atoms with Gasteiger partial charge in [0.05, 0.1) is 23.6 Å². The summed E-state index contributed by atoms with van der Waals surface area (Å²) >= 11 is 3.77. The Morgan fingerprint density at radius 3 is 2.83 bits per heavy atom. The second kappa shape index (κ2) is 6.97. The van der Waals surface area contributed by atoms with E-state index in [2.05, 4.69) is 45.7 Å². The molecule has 0 aliphatic carbocycles. The second-order valence-electron chi connectivity index (χ2n) is 6.72. The Morgan fingerprint density at radius 2 is 1.97 bits per heavy atom. The molecule has 5 rings (SSSR count). The lowest BCUT2D eigenvalue weighted by atomic mass is 10.2. The number of rotatable bonds is 4. The molecule has 3 aromatic heterocycles. The van der Waals surface area contributed by atoms with Gasteiger partial charge in [0.15, 0.2) is 11.5 Å². The molecule has 144 valence electrons. The fourth-order valence-electron chi connectivity index (χ4n) is 3.64. The first-order valence-corrected chi connectivity index (χ1v) is 9.88. The zero-order valence-electron chi connectivity index (χ0n) is 15.4. The summed E-state index contributed by atoms with van der Waals surface area (Å²) in [6.45, 7) is 2.04. The van der Waals surface area contributed by atoms with E-state index in [9.17, 15) is 4.39 Å². The third-order valence-corrected chi connectivity index (χ3v) is 5.73. The zero-order valence-corrected chi connectivity index (χ0v) is 17.0. The largest absolute Gasteiger partial charge is 0.360 e. The first-order chi connectivity index (χ1) is 14.1. The molecule has 2 N–H and O–H groups in total. The fraction of sp³-hybridized carbons (Fsp3) is 0.0952. The van der Waals surface area contributed by atoms with Crippen LogP contribution in [0.4, 0.5) is 10.2 Å². The van der Waals surface area contributed by atoms with Gasteiger partial charge in [-0.1, -0.05) is 24.3 Å². The summed E-state index contributed by atoms with van der Waals surface area (Å²) < 4.78 is 17.0. The molecular weight excluding hydrogens is 435 g/mol. The molecule has 0 aliphatic rings. The summed E-state index contributed by atoms with van der Waals surface area (Å²) in [6.07, 6.45) is 3.08. The lowest BCUT2D eigenvalue weighted by Gasteiger charge is -2.19. The highest BCUT2D eigenvalue weighted by molar-refractivity contribution is 9.10. The highest BCUT2D eigenvalue weighted by Gasteiger charge is 2.22. The molecule has 2 aromatic carbocycles. The molecule has 0 radical (unpaired) electrons. The lowest BCUT2D eigenvalue weighted by Crippen LogP contribution is -2.13. The molecule has 3 heterocycles. The van der Waals surface area contributed by atoms with Gasteiger partial charge < -0.3 is 14.9 Å². The Bertz CT molecular complexity index is 1340. The molecule has 0 fully saturated rings. The van der Waals surface area contributed by atoms with Crippen LogP contribution in [-0.2, 0) is 0 Å². The van der Waals surface area contributed by atoms with Crippen LogP contribution < -0.4 is 5.32 Å². The van der Waals surface area contributed by atoms with Gasteiger partial charge in [0, 0.05) is 15.5 Å². The summed E-state index contributed by atoms with van der Waals surface area (Å²) in [5.74, 6) is 0.351. The van der Waals surface area contributed by atoms with E-state index < -0.39 is 0 Å². The minimum atomic E-state index is -0.281. The highest BCUT2D eigenvalue weighted by Crippen LogP contribution is 2.38. The van der Waals surface area contributed by atoms with Crippen molar-refractivity contribution >= 4 is 43.8 Å². The molecule has 0 spiro atoms. The number of para-hydroxylation sites is 1. The van der Waals surface area contributed by atoms with Crippen LogP contribution in [0, 0.1) is 5.82 Å². The van der Waals surface area contributed by atoms with E-state index in [1.54, 1.807) is 12.4 Å². The monoisotopic (exact) mass is 450 g/mol. The molecule has 8 heteroatoms. The van der Waals surface area contributed by atoms with Gasteiger partial charge in [0.1, 0.15) is 17.7 Å². The van der Waals surface area contributed by atoms with Gasteiger partial charge in [-0.2, -0.15) is 0 Å². The van der Waals surface area contributed by atoms with Crippen LogP contribution in [0.2, 0.25) is 0 Å². The van der Waals surface area contributed by atoms with Crippen molar-refractivity contribution in [2.45, 2.75) is 13.0 Å². The van der Waals surface area contributed by atoms with Crippen molar-refractivity contribution in [3.8, 4) is 5.69 Å². The number of H-pyrrole nitrogens is 1. The van der Waals surface area contributed by atoms with Crippen LogP contribution in [0.5, 0.6) is 0 Å². The molecule has 1 unspecified atom stereocenters. The predicted octanol–water partition coefficient (Wildman–Crippen LogP) is 5.37. The first kappa shape index (κ1) is 17.8. The lowest BCUT2D eigenvalue weighted by molar-refractivity contribution is 0.626. The van der Waals surface area contributed by atoms with Gasteiger partial charge in [-0.25, -0.2) is 19.3 Å². The number of hydrogen-bond acceptors (Lipinski definition) is 4. The summed E-state index contributed by atoms with van der Waals surface area (Å²) in [4.78, 5) is 15.8. The van der Waals surface area contributed by atoms with Crippen molar-refractivity contribution < 1.29 is 4.39 Å². The second-order valence-corrected chi connectivity index (χ2v) is 7.51. The van der Waals surface area contributed by atoms with Crippen molar-refractivity contribution in [2.24, 2.45) is 0 Å². The number of halogens is 2. The average molecular weight is 451 g/mol. The van der Waals surface area contributed by atoms with Gasteiger partial charge in [-0.3, -0.25) is 0 Å². The van der Waals surface area contributed by atoms with Crippen molar-refractivity contribution in [2.75, 3.05) is 5.32 Å². The number of nitrogens with zero attached hydrogens (tertiary/aromatic N) is 4. The average Bonchev–Trinajstić information content (AvgIpc) is 3.32. The van der Waals surface area contributed by atoms with E-state index in [1.165, 1.54) is 18.5 Å². The molecule has 0 saturated carbocycles. The minimum Gasteiger partial charge on any atom is -0.360 e. The van der Waals surface area contributed by atoms with Crippen LogP contribution >= 0.6 is 15.9 Å². The van der Waals surface area contributed by atoms with Gasteiger partial charge in [0.25, 0.3) is 0 Å². The van der Waals surface area contributed by atoms with Crippen molar-refractivity contribution in [3.63, 3.8) is 0 Å². The van der Waals surface area contributed by atoms with Gasteiger partial charge in [-0.15, -0.1) is 0 Å². The van der Waals surface area contributed by atoms with Crippen LogP contribution in [0.1, 0.15) is 18.7 Å². The number of benzene rings is 2. The van der Waals surface area contributed by atoms with E-state index in [1.807, 2.05) is 37.3 Å². The number of hydrogen-bond donors (Lipinski definition) is 2. The van der Waals surface area contributed by atoms with Crippen molar-refractivity contribution in [3.05, 3.63) is 77.2 Å². The van der Waals surface area contributed by atoms with Crippen molar-refractivity contribution in [1.82, 2.24) is 24.5 Å². The fourth-order valence-corrected chi connectivity index (χ4v) is 4.50. The molecule has 0 aliphatic heterocycles. The molecule has 0 amide bonds. The topological polar surface area (TPSA) is 71.4 Å². The highest BCUT2D eigenvalue weighted by atomic mass is 79.9. The van der Waals surface area contributed by atoms with E-state index in [0.717, 1.165) is 26.8 Å². The van der Waals surface area contributed by atoms with Crippen LogP contribution in [-0.4, -0.2) is 24.5 Å². The Labute approximate surface area is 174 Å². The van der Waals surface area contributed by atoms with Crippen LogP contribution in [0.25, 0.3) is 27.8 Å². The number of nitrogens with one attached hydrogen (secondary N) is 2.